The molecule has 1 aliphatic carbocycles. The van der Waals surface area contributed by atoms with Crippen LogP contribution in [0.4, 0.5) is 0 Å². The van der Waals surface area contributed by atoms with Crippen LogP contribution in [0.25, 0.3) is 0 Å². The summed E-state index contributed by atoms with van der Waals surface area (Å²) in [6.45, 7) is 22.5. The Kier molecular flexibility index (Phi) is 33.5. The molecule has 0 atom stereocenters. The zero-order valence-corrected chi connectivity index (χ0v) is 14.9. The Morgan fingerprint density at radius 1 is 0.682 bits per heavy atom. The van der Waals surface area contributed by atoms with E-state index in [9.17, 15) is 0 Å². The standard InChI is InChI=1S/C10H16O.5CO.W/c1-2-4-7-10(6-3-1)8-5-9-11-10;5*1-2;/h1-8H2;;;;;;. The molecule has 7 heteroatoms. The summed E-state index contributed by atoms with van der Waals surface area (Å²) >= 11 is 1.55. The van der Waals surface area contributed by atoms with Crippen molar-refractivity contribution in [2.24, 2.45) is 0 Å². The van der Waals surface area contributed by atoms with Crippen molar-refractivity contribution in [3.05, 3.63) is 33.3 Å². The van der Waals surface area contributed by atoms with Gasteiger partial charge in [0.05, 0.1) is 0 Å². The third-order valence-corrected chi connectivity index (χ3v) is 4.16. The predicted molar refractivity (Wildman–Crippen MR) is 65.4 cm³/mol. The van der Waals surface area contributed by atoms with Gasteiger partial charge < -0.3 is 0 Å². The molecule has 1 saturated carbocycles. The molecule has 118 valence electrons. The van der Waals surface area contributed by atoms with Gasteiger partial charge in [-0.05, 0) is 0 Å². The van der Waals surface area contributed by atoms with Crippen LogP contribution in [0.15, 0.2) is 0 Å². The summed E-state index contributed by atoms with van der Waals surface area (Å²) in [7, 11) is 0. The SMILES string of the molecule is [C-]#[O+].[C-]#[O+].[C-]#[O+].[C-]#[O+].[C-]#[O+].[W]=[C]1CCC2(CCCCCC2)O1. The first-order valence-electron chi connectivity index (χ1n) is 6.05. The van der Waals surface area contributed by atoms with Crippen LogP contribution in [-0.4, -0.2) is 9.69 Å². The molecule has 0 aromatic carbocycles. The molecule has 1 saturated heterocycles. The summed E-state index contributed by atoms with van der Waals surface area (Å²) in [6, 6.07) is 0. The maximum absolute atomic E-state index is 7.50. The Bertz CT molecular complexity index is 324. The first-order valence-corrected chi connectivity index (χ1v) is 7.51. The second kappa shape index (κ2) is 25.2. The van der Waals surface area contributed by atoms with Gasteiger partial charge in [0.1, 0.15) is 0 Å². The van der Waals surface area contributed by atoms with Gasteiger partial charge in [0, 0.05) is 0 Å². The van der Waals surface area contributed by atoms with Crippen molar-refractivity contribution in [1.82, 2.24) is 0 Å². The van der Waals surface area contributed by atoms with Crippen molar-refractivity contribution >= 4 is 4.08 Å². The fraction of sp³-hybridized carbons (Fsp3) is 0.600. The Balaban J connectivity index is -0.000000139. The molecule has 1 spiro atoms. The molecule has 22 heavy (non-hydrogen) atoms. The average molecular weight is 476 g/mol. The predicted octanol–water partition coefficient (Wildman–Crippen LogP) is 2.38. The molecule has 1 heterocycles. The molecule has 0 unspecified atom stereocenters. The first kappa shape index (κ1) is 29.3. The van der Waals surface area contributed by atoms with E-state index >= 15 is 0 Å². The summed E-state index contributed by atoms with van der Waals surface area (Å²) in [4.78, 5) is 0. The van der Waals surface area contributed by atoms with Gasteiger partial charge in [-0.15, -0.1) is 0 Å². The van der Waals surface area contributed by atoms with Crippen LogP contribution < -0.4 is 0 Å². The molecule has 6 nitrogen and oxygen atoms in total. The fourth-order valence-electron chi connectivity index (χ4n) is 2.40. The molecule has 0 radical (unpaired) electrons. The summed E-state index contributed by atoms with van der Waals surface area (Å²) in [5.41, 5.74) is 0.313. The molecule has 2 fully saturated rings. The molecule has 0 bridgehead atoms. The van der Waals surface area contributed by atoms with E-state index in [1.165, 1.54) is 55.5 Å². The van der Waals surface area contributed by atoms with E-state index in [1.54, 1.807) is 19.4 Å². The number of hydrogen-bond acceptors (Lipinski definition) is 1. The third kappa shape index (κ3) is 14.2. The average Bonchev–Trinajstić information content (AvgIpc) is 2.85. The molecule has 0 amide bonds. The molecular weight excluding hydrogens is 460 g/mol. The van der Waals surface area contributed by atoms with Gasteiger partial charge in [0.2, 0.25) is 0 Å². The molecule has 1 aliphatic heterocycles. The van der Waals surface area contributed by atoms with Gasteiger partial charge in [-0.2, -0.15) is 0 Å². The number of hydrogen-bond donors (Lipinski definition) is 0. The number of rotatable bonds is 0. The van der Waals surface area contributed by atoms with Crippen LogP contribution in [0.3, 0.4) is 0 Å². The molecule has 0 aromatic rings. The summed E-state index contributed by atoms with van der Waals surface area (Å²) in [5.74, 6) is 0. The van der Waals surface area contributed by atoms with Crippen molar-refractivity contribution in [3.8, 4) is 0 Å². The van der Waals surface area contributed by atoms with Crippen LogP contribution in [0.1, 0.15) is 51.4 Å². The molecule has 2 rings (SSSR count). The van der Waals surface area contributed by atoms with Crippen molar-refractivity contribution in [2.45, 2.75) is 57.0 Å². The maximum atomic E-state index is 7.50. The van der Waals surface area contributed by atoms with Crippen LogP contribution in [0, 0.1) is 33.3 Å². The Morgan fingerprint density at radius 3 is 1.32 bits per heavy atom. The zero-order valence-electron chi connectivity index (χ0n) is 12.0. The fourth-order valence-corrected chi connectivity index (χ4v) is 3.40. The van der Waals surface area contributed by atoms with E-state index in [2.05, 4.69) is 33.3 Å². The van der Waals surface area contributed by atoms with Gasteiger partial charge in [-0.25, -0.2) is 0 Å². The van der Waals surface area contributed by atoms with Gasteiger partial charge in [0.25, 0.3) is 0 Å². The minimum atomic E-state index is 0.313. The Labute approximate surface area is 142 Å². The third-order valence-electron chi connectivity index (χ3n) is 3.13. The van der Waals surface area contributed by atoms with Crippen LogP contribution >= 0.6 is 0 Å². The van der Waals surface area contributed by atoms with E-state index in [-0.39, 0.29) is 0 Å². The topological polar surface area (TPSA) is 109 Å². The van der Waals surface area contributed by atoms with Gasteiger partial charge in [0.15, 0.2) is 0 Å². The molecular formula is C15H16O6W. The van der Waals surface area contributed by atoms with Gasteiger partial charge in [-0.3, -0.25) is 0 Å². The van der Waals surface area contributed by atoms with Crippen molar-refractivity contribution in [2.75, 3.05) is 0 Å². The summed E-state index contributed by atoms with van der Waals surface area (Å²) in [5, 5.41) is 0. The summed E-state index contributed by atoms with van der Waals surface area (Å²) in [6.07, 6.45) is 10.8. The Morgan fingerprint density at radius 2 is 1.05 bits per heavy atom. The van der Waals surface area contributed by atoms with Crippen molar-refractivity contribution in [3.63, 3.8) is 0 Å². The quantitative estimate of drug-likeness (QED) is 0.389. The van der Waals surface area contributed by atoms with Crippen LogP contribution in [-0.2, 0) is 47.4 Å². The van der Waals surface area contributed by atoms with Crippen molar-refractivity contribution < 1.29 is 47.4 Å². The van der Waals surface area contributed by atoms with Crippen LogP contribution in [0.2, 0.25) is 0 Å². The summed E-state index contributed by atoms with van der Waals surface area (Å²) < 4.78 is 44.9. The molecule has 2 aliphatic rings. The van der Waals surface area contributed by atoms with E-state index < -0.39 is 0 Å². The van der Waals surface area contributed by atoms with Gasteiger partial charge in [-0.1, -0.05) is 0 Å². The Hall–Kier alpha value is -0.782. The molecule has 0 aromatic heterocycles. The first-order chi connectivity index (χ1) is 10.8. The van der Waals surface area contributed by atoms with E-state index in [4.69, 9.17) is 28.0 Å². The van der Waals surface area contributed by atoms with E-state index in [1.807, 2.05) is 0 Å². The number of ether oxygens (including phenoxy) is 1. The van der Waals surface area contributed by atoms with E-state index in [0.29, 0.717) is 5.60 Å². The normalized spacial score (nSPS) is 16.4. The monoisotopic (exact) mass is 476 g/mol. The van der Waals surface area contributed by atoms with Crippen molar-refractivity contribution in [1.29, 1.82) is 0 Å². The van der Waals surface area contributed by atoms with Crippen LogP contribution in [0.5, 0.6) is 0 Å². The minimum absolute atomic E-state index is 0.313. The van der Waals surface area contributed by atoms with E-state index in [0.717, 1.165) is 0 Å². The second-order valence-corrected chi connectivity index (χ2v) is 5.71. The van der Waals surface area contributed by atoms with Gasteiger partial charge >= 0.3 is 142 Å². The second-order valence-electron chi connectivity index (χ2n) is 4.07. The molecule has 0 N–H and O–H groups in total. The zero-order chi connectivity index (χ0) is 18.4.